The van der Waals surface area contributed by atoms with E-state index in [1.807, 2.05) is 49.4 Å². The lowest BCUT2D eigenvalue weighted by Gasteiger charge is -2.35. The molecule has 2 atom stereocenters. The van der Waals surface area contributed by atoms with E-state index >= 15 is 0 Å². The molecule has 0 amide bonds. The number of hydrogen-bond acceptors (Lipinski definition) is 9. The molecule has 0 radical (unpaired) electrons. The minimum Gasteiger partial charge on any atom is -0.493 e. The molecule has 1 aliphatic heterocycles. The molecule has 4 aromatic rings. The highest BCUT2D eigenvalue weighted by molar-refractivity contribution is 7.93. The van der Waals surface area contributed by atoms with Gasteiger partial charge in [-0.3, -0.25) is 4.79 Å². The first kappa shape index (κ1) is 28.4. The van der Waals surface area contributed by atoms with Crippen LogP contribution in [0.2, 0.25) is 0 Å². The van der Waals surface area contributed by atoms with Gasteiger partial charge in [-0.1, -0.05) is 36.4 Å². The van der Waals surface area contributed by atoms with Crippen molar-refractivity contribution in [2.75, 3.05) is 17.5 Å². The molecule has 0 saturated heterocycles. The Hall–Kier alpha value is -5.13. The molecule has 0 N–H and O–H groups in total. The minimum atomic E-state index is -4.32. The van der Waals surface area contributed by atoms with E-state index in [-0.39, 0.29) is 29.4 Å². The summed E-state index contributed by atoms with van der Waals surface area (Å²) in [5.41, 5.74) is -0.432. The van der Waals surface area contributed by atoms with Gasteiger partial charge in [0.1, 0.15) is 11.5 Å². The van der Waals surface area contributed by atoms with Crippen molar-refractivity contribution >= 4 is 21.7 Å². The second kappa shape index (κ2) is 11.4. The van der Waals surface area contributed by atoms with Gasteiger partial charge in [0.15, 0.2) is 11.5 Å². The molecule has 0 fully saturated rings. The van der Waals surface area contributed by atoms with Crippen LogP contribution in [0.25, 0.3) is 11.5 Å². The zero-order chi connectivity index (χ0) is 29.9. The first-order chi connectivity index (χ1) is 20.3. The van der Waals surface area contributed by atoms with E-state index in [4.69, 9.17) is 13.9 Å². The van der Waals surface area contributed by atoms with Crippen molar-refractivity contribution in [3.8, 4) is 29.3 Å². The van der Waals surface area contributed by atoms with Crippen LogP contribution in [0.15, 0.2) is 88.2 Å². The van der Waals surface area contributed by atoms with Crippen LogP contribution in [0, 0.1) is 35.5 Å². The molecule has 2 unspecified atom stereocenters. The Morgan fingerprint density at radius 1 is 1.05 bits per heavy atom. The maximum absolute atomic E-state index is 13.8. The van der Waals surface area contributed by atoms with Crippen LogP contribution in [-0.2, 0) is 31.5 Å². The average Bonchev–Trinajstić information content (AvgIpc) is 3.47. The van der Waals surface area contributed by atoms with E-state index < -0.39 is 27.4 Å². The summed E-state index contributed by atoms with van der Waals surface area (Å²) in [6.45, 7) is 3.63. The van der Waals surface area contributed by atoms with Crippen LogP contribution >= 0.6 is 0 Å². The maximum atomic E-state index is 13.8. The van der Waals surface area contributed by atoms with Crippen LogP contribution in [0.5, 0.6) is 5.75 Å². The number of aromatic nitrogens is 1. The number of anilines is 1. The molecule has 11 heteroatoms. The molecule has 0 spiro atoms. The zero-order valence-corrected chi connectivity index (χ0v) is 23.7. The first-order valence-corrected chi connectivity index (χ1v) is 14.6. The Morgan fingerprint density at radius 2 is 1.74 bits per heavy atom. The molecule has 3 aromatic carbocycles. The van der Waals surface area contributed by atoms with E-state index in [1.165, 1.54) is 30.3 Å². The fourth-order valence-corrected chi connectivity index (χ4v) is 7.01. The number of carbonyl (C=O) groups excluding carboxylic acids is 1. The highest BCUT2D eigenvalue weighted by Crippen LogP contribution is 2.51. The SMILES string of the molecule is CCOC(=O)C(C#N)C1(C#N)c2ccccc2S(=O)(=O)N1c1ccc(OCCc2nc(-c3ccccc3)oc2C)cc1. The molecular formula is C31H26N4O6S. The summed E-state index contributed by atoms with van der Waals surface area (Å²) in [6.07, 6.45) is 0.473. The van der Waals surface area contributed by atoms with Crippen molar-refractivity contribution in [1.29, 1.82) is 10.5 Å². The van der Waals surface area contributed by atoms with E-state index in [9.17, 15) is 23.7 Å². The van der Waals surface area contributed by atoms with E-state index in [1.54, 1.807) is 25.1 Å². The lowest BCUT2D eigenvalue weighted by molar-refractivity contribution is -0.147. The topological polar surface area (TPSA) is 147 Å². The molecule has 42 heavy (non-hydrogen) atoms. The minimum absolute atomic E-state index is 0.0327. The number of hydrogen-bond donors (Lipinski definition) is 0. The number of benzene rings is 3. The van der Waals surface area contributed by atoms with Crippen LogP contribution in [0.4, 0.5) is 5.69 Å². The summed E-state index contributed by atoms with van der Waals surface area (Å²) in [7, 11) is -4.32. The van der Waals surface area contributed by atoms with Crippen molar-refractivity contribution in [1.82, 2.24) is 4.98 Å². The number of carbonyl (C=O) groups is 1. The van der Waals surface area contributed by atoms with Crippen LogP contribution in [0.3, 0.4) is 0 Å². The molecular weight excluding hydrogens is 556 g/mol. The fraction of sp³-hybridized carbons (Fsp3) is 0.226. The number of fused-ring (bicyclic) bond motifs is 1. The lowest BCUT2D eigenvalue weighted by Crippen LogP contribution is -2.51. The quantitative estimate of drug-likeness (QED) is 0.251. The van der Waals surface area contributed by atoms with E-state index in [0.29, 0.717) is 23.8 Å². The molecule has 0 aliphatic carbocycles. The number of rotatable bonds is 9. The van der Waals surface area contributed by atoms with Gasteiger partial charge in [-0.05, 0) is 56.3 Å². The third kappa shape index (κ3) is 4.74. The third-order valence-corrected chi connectivity index (χ3v) is 8.86. The van der Waals surface area contributed by atoms with Crippen LogP contribution < -0.4 is 9.04 Å². The number of ether oxygens (including phenoxy) is 2. The molecule has 5 rings (SSSR count). The third-order valence-electron chi connectivity index (χ3n) is 6.97. The predicted molar refractivity (Wildman–Crippen MR) is 151 cm³/mol. The van der Waals surface area contributed by atoms with Gasteiger partial charge in [-0.15, -0.1) is 0 Å². The molecule has 2 heterocycles. The highest BCUT2D eigenvalue weighted by Gasteiger charge is 2.62. The zero-order valence-electron chi connectivity index (χ0n) is 22.9. The predicted octanol–water partition coefficient (Wildman–Crippen LogP) is 4.90. The smallest absolute Gasteiger partial charge is 0.327 e. The van der Waals surface area contributed by atoms with Gasteiger partial charge in [0.25, 0.3) is 10.0 Å². The average molecular weight is 583 g/mol. The Bertz CT molecular complexity index is 1810. The summed E-state index contributed by atoms with van der Waals surface area (Å²) >= 11 is 0. The molecule has 0 saturated carbocycles. The van der Waals surface area contributed by atoms with Crippen molar-refractivity contribution in [3.05, 3.63) is 95.9 Å². The summed E-state index contributed by atoms with van der Waals surface area (Å²) in [6, 6.07) is 25.3. The van der Waals surface area contributed by atoms with Crippen molar-refractivity contribution in [2.24, 2.45) is 5.92 Å². The molecule has 212 valence electrons. The number of oxazole rings is 1. The number of esters is 1. The normalized spacial score (nSPS) is 17.5. The van der Waals surface area contributed by atoms with Gasteiger partial charge in [0.05, 0.1) is 41.6 Å². The standard InChI is InChI=1S/C31H26N4O6S/c1-3-39-30(36)26(19-32)31(20-33)25-11-7-8-12-28(25)42(37,38)35(31)23-13-15-24(16-14-23)40-18-17-27-21(2)41-29(34-27)22-9-5-4-6-10-22/h4-16,26H,3,17-18H2,1-2H3. The number of sulfonamides is 1. The highest BCUT2D eigenvalue weighted by atomic mass is 32.2. The van der Waals surface area contributed by atoms with Gasteiger partial charge in [-0.2, -0.15) is 10.5 Å². The summed E-state index contributed by atoms with van der Waals surface area (Å²) in [5.74, 6) is -1.07. The number of aryl methyl sites for hydroxylation is 1. The summed E-state index contributed by atoms with van der Waals surface area (Å²) in [5, 5.41) is 20.5. The fourth-order valence-electron chi connectivity index (χ4n) is 5.04. The van der Waals surface area contributed by atoms with Gasteiger partial charge in [0, 0.05) is 17.5 Å². The number of nitriles is 2. The first-order valence-electron chi connectivity index (χ1n) is 13.1. The number of nitrogens with zero attached hydrogens (tertiary/aromatic N) is 4. The lowest BCUT2D eigenvalue weighted by atomic mass is 9.79. The van der Waals surface area contributed by atoms with Crippen molar-refractivity contribution < 1.29 is 27.1 Å². The summed E-state index contributed by atoms with van der Waals surface area (Å²) < 4.78 is 45.1. The van der Waals surface area contributed by atoms with E-state index in [0.717, 1.165) is 15.6 Å². The Balaban J connectivity index is 1.41. The maximum Gasteiger partial charge on any atom is 0.327 e. The van der Waals surface area contributed by atoms with Crippen LogP contribution in [0.1, 0.15) is 23.9 Å². The van der Waals surface area contributed by atoms with Crippen molar-refractivity contribution in [2.45, 2.75) is 30.7 Å². The van der Waals surface area contributed by atoms with Crippen LogP contribution in [-0.4, -0.2) is 32.6 Å². The molecule has 0 bridgehead atoms. The Labute approximate surface area is 243 Å². The Kier molecular flexibility index (Phi) is 7.70. The van der Waals surface area contributed by atoms with Gasteiger partial charge >= 0.3 is 5.97 Å². The van der Waals surface area contributed by atoms with Gasteiger partial charge < -0.3 is 13.9 Å². The molecule has 1 aliphatic rings. The van der Waals surface area contributed by atoms with Gasteiger partial charge in [-0.25, -0.2) is 17.7 Å². The second-order valence-corrected chi connectivity index (χ2v) is 11.2. The molecule has 10 nitrogen and oxygen atoms in total. The largest absolute Gasteiger partial charge is 0.493 e. The second-order valence-electron chi connectivity index (χ2n) is 9.44. The monoisotopic (exact) mass is 582 g/mol. The van der Waals surface area contributed by atoms with Gasteiger partial charge in [0.2, 0.25) is 5.89 Å². The summed E-state index contributed by atoms with van der Waals surface area (Å²) in [4.78, 5) is 17.3. The Morgan fingerprint density at radius 3 is 2.40 bits per heavy atom. The van der Waals surface area contributed by atoms with Crippen molar-refractivity contribution in [3.63, 3.8) is 0 Å². The van der Waals surface area contributed by atoms with E-state index in [2.05, 4.69) is 4.98 Å². The molecule has 1 aromatic heterocycles.